The molecule has 0 radical (unpaired) electrons. The first-order valence-electron chi connectivity index (χ1n) is 9.48. The largest absolute Gasteiger partial charge is 0.369 e. The fourth-order valence-electron chi connectivity index (χ4n) is 5.69. The van der Waals surface area contributed by atoms with E-state index >= 15 is 0 Å². The van der Waals surface area contributed by atoms with E-state index in [0.717, 1.165) is 12.8 Å². The van der Waals surface area contributed by atoms with Crippen LogP contribution in [-0.2, 0) is 9.53 Å². The van der Waals surface area contributed by atoms with Crippen LogP contribution in [0.5, 0.6) is 0 Å². The van der Waals surface area contributed by atoms with Crippen LogP contribution >= 0.6 is 0 Å². The minimum atomic E-state index is 0.0962. The van der Waals surface area contributed by atoms with Gasteiger partial charge in [-0.1, -0.05) is 20.8 Å². The van der Waals surface area contributed by atoms with Gasteiger partial charge in [-0.2, -0.15) is 0 Å². The third kappa shape index (κ3) is 2.66. The number of ether oxygens (including phenoxy) is 1. The highest BCUT2D eigenvalue weighted by atomic mass is 16.5. The van der Waals surface area contributed by atoms with Crippen LogP contribution in [0.1, 0.15) is 79.6 Å². The van der Waals surface area contributed by atoms with E-state index in [1.807, 2.05) is 0 Å². The Morgan fingerprint density at radius 2 is 1.86 bits per heavy atom. The lowest BCUT2D eigenvalue weighted by Gasteiger charge is -2.36. The van der Waals surface area contributed by atoms with Gasteiger partial charge >= 0.3 is 0 Å². The summed E-state index contributed by atoms with van der Waals surface area (Å²) in [5, 5.41) is 0. The van der Waals surface area contributed by atoms with Gasteiger partial charge in [0.15, 0.2) is 0 Å². The first-order chi connectivity index (χ1) is 10.3. The van der Waals surface area contributed by atoms with Gasteiger partial charge in [-0.25, -0.2) is 0 Å². The summed E-state index contributed by atoms with van der Waals surface area (Å²) in [4.78, 5) is 12.3. The van der Waals surface area contributed by atoms with Crippen LogP contribution in [-0.4, -0.2) is 17.0 Å². The summed E-state index contributed by atoms with van der Waals surface area (Å²) in [7, 11) is 0. The molecule has 3 rings (SSSR count). The Bertz CT molecular complexity index is 445. The molecule has 126 valence electrons. The Labute approximate surface area is 136 Å². The van der Waals surface area contributed by atoms with Gasteiger partial charge in [0.2, 0.25) is 0 Å². The average molecular weight is 306 g/mol. The summed E-state index contributed by atoms with van der Waals surface area (Å²) < 4.78 is 6.42. The van der Waals surface area contributed by atoms with Crippen molar-refractivity contribution in [2.24, 2.45) is 29.6 Å². The van der Waals surface area contributed by atoms with Crippen molar-refractivity contribution in [1.29, 1.82) is 0 Å². The molecule has 22 heavy (non-hydrogen) atoms. The van der Waals surface area contributed by atoms with E-state index in [2.05, 4.69) is 34.6 Å². The van der Waals surface area contributed by atoms with Crippen molar-refractivity contribution >= 4 is 5.78 Å². The molecule has 0 N–H and O–H groups in total. The molecule has 0 aromatic rings. The van der Waals surface area contributed by atoms with Crippen LogP contribution in [0, 0.1) is 29.6 Å². The maximum Gasteiger partial charge on any atom is 0.136 e. The first-order valence-corrected chi connectivity index (χ1v) is 9.48. The monoisotopic (exact) mass is 306 g/mol. The molecule has 2 bridgehead atoms. The van der Waals surface area contributed by atoms with Crippen LogP contribution in [0.15, 0.2) is 0 Å². The topological polar surface area (TPSA) is 26.3 Å². The molecule has 3 aliphatic rings. The highest BCUT2D eigenvalue weighted by Gasteiger charge is 2.60. The van der Waals surface area contributed by atoms with Crippen LogP contribution in [0.3, 0.4) is 0 Å². The van der Waals surface area contributed by atoms with Crippen molar-refractivity contribution in [3.05, 3.63) is 0 Å². The van der Waals surface area contributed by atoms with E-state index < -0.39 is 0 Å². The van der Waals surface area contributed by atoms with Crippen molar-refractivity contribution in [2.75, 3.05) is 0 Å². The second-order valence-electron chi connectivity index (χ2n) is 9.14. The van der Waals surface area contributed by atoms with Crippen molar-refractivity contribution < 1.29 is 9.53 Å². The predicted octanol–water partition coefficient (Wildman–Crippen LogP) is 5.00. The Morgan fingerprint density at radius 1 is 1.18 bits per heavy atom. The van der Waals surface area contributed by atoms with E-state index in [1.54, 1.807) is 0 Å². The number of rotatable bonds is 4. The number of carbonyl (C=O) groups excluding carboxylic acids is 1. The highest BCUT2D eigenvalue weighted by Crippen LogP contribution is 2.58. The van der Waals surface area contributed by atoms with Gasteiger partial charge in [-0.05, 0) is 76.0 Å². The molecule has 1 aliphatic carbocycles. The SMILES string of the molecule is C[C@@H]1CC[C@H]([C@@H](C)CC[C@@H]2[C@@H](C)[C@]3(C)CC[C@@]2(C)O3)C(=O)C1. The second kappa shape index (κ2) is 5.61. The lowest BCUT2D eigenvalue weighted by Crippen LogP contribution is -2.37. The molecular formula is C20H34O2. The Balaban J connectivity index is 1.58. The van der Waals surface area contributed by atoms with E-state index in [-0.39, 0.29) is 11.2 Å². The second-order valence-corrected chi connectivity index (χ2v) is 9.14. The van der Waals surface area contributed by atoms with E-state index in [1.165, 1.54) is 32.1 Å². The highest BCUT2D eigenvalue weighted by molar-refractivity contribution is 5.82. The Kier molecular flexibility index (Phi) is 4.21. The quantitative estimate of drug-likeness (QED) is 0.730. The molecule has 2 heterocycles. The number of ketones is 1. The predicted molar refractivity (Wildman–Crippen MR) is 89.7 cm³/mol. The van der Waals surface area contributed by atoms with E-state index in [0.29, 0.717) is 35.4 Å². The molecule has 7 atom stereocenters. The van der Waals surface area contributed by atoms with E-state index in [4.69, 9.17) is 4.74 Å². The van der Waals surface area contributed by atoms with Crippen molar-refractivity contribution in [3.8, 4) is 0 Å². The Morgan fingerprint density at radius 3 is 2.45 bits per heavy atom. The molecule has 2 nitrogen and oxygen atoms in total. The molecule has 2 heteroatoms. The lowest BCUT2D eigenvalue weighted by molar-refractivity contribution is -0.127. The molecule has 0 amide bonds. The fourth-order valence-corrected chi connectivity index (χ4v) is 5.69. The third-order valence-corrected chi connectivity index (χ3v) is 7.49. The summed E-state index contributed by atoms with van der Waals surface area (Å²) in [5.41, 5.74) is 0.206. The third-order valence-electron chi connectivity index (χ3n) is 7.49. The summed E-state index contributed by atoms with van der Waals surface area (Å²) in [6, 6.07) is 0. The smallest absolute Gasteiger partial charge is 0.136 e. The normalized spacial score (nSPS) is 49.6. The summed E-state index contributed by atoms with van der Waals surface area (Å²) >= 11 is 0. The van der Waals surface area contributed by atoms with Gasteiger partial charge in [-0.3, -0.25) is 4.79 Å². The minimum absolute atomic E-state index is 0.0962. The summed E-state index contributed by atoms with van der Waals surface area (Å²) in [5.74, 6) is 3.33. The van der Waals surface area contributed by atoms with Gasteiger partial charge in [0.1, 0.15) is 5.78 Å². The van der Waals surface area contributed by atoms with Gasteiger partial charge in [0.05, 0.1) is 11.2 Å². The van der Waals surface area contributed by atoms with Crippen LogP contribution in [0.4, 0.5) is 0 Å². The molecule has 3 fully saturated rings. The number of fused-ring (bicyclic) bond motifs is 2. The van der Waals surface area contributed by atoms with Crippen LogP contribution < -0.4 is 0 Å². The molecule has 2 saturated heterocycles. The molecular weight excluding hydrogens is 272 g/mol. The van der Waals surface area contributed by atoms with Crippen LogP contribution in [0.2, 0.25) is 0 Å². The maximum atomic E-state index is 12.3. The van der Waals surface area contributed by atoms with Crippen molar-refractivity contribution in [3.63, 3.8) is 0 Å². The van der Waals surface area contributed by atoms with Crippen molar-refractivity contribution in [2.45, 2.75) is 90.8 Å². The average Bonchev–Trinajstić information content (AvgIpc) is 2.84. The Hall–Kier alpha value is -0.370. The molecule has 0 spiro atoms. The standard InChI is InChI=1S/C20H34O2/c1-13-6-8-16(18(21)12-13)14(2)7-9-17-15(3)19(4)10-11-20(17,5)22-19/h13-17H,6-12H2,1-5H3/t13-,14+,15-,16-,17-,19+,20-/m1/s1. The van der Waals surface area contributed by atoms with Gasteiger partial charge in [-0.15, -0.1) is 0 Å². The summed E-state index contributed by atoms with van der Waals surface area (Å²) in [6.07, 6.45) is 8.02. The van der Waals surface area contributed by atoms with Crippen LogP contribution in [0.25, 0.3) is 0 Å². The zero-order valence-corrected chi connectivity index (χ0v) is 15.2. The molecule has 2 aliphatic heterocycles. The molecule has 0 aromatic heterocycles. The van der Waals surface area contributed by atoms with Gasteiger partial charge in [0.25, 0.3) is 0 Å². The molecule has 0 aromatic carbocycles. The maximum absolute atomic E-state index is 12.3. The lowest BCUT2D eigenvalue weighted by atomic mass is 9.65. The first kappa shape index (κ1) is 16.5. The van der Waals surface area contributed by atoms with Gasteiger partial charge in [0, 0.05) is 12.3 Å². The number of carbonyl (C=O) groups is 1. The minimum Gasteiger partial charge on any atom is -0.369 e. The van der Waals surface area contributed by atoms with Gasteiger partial charge < -0.3 is 4.74 Å². The number of Topliss-reactive ketones (excluding diaryl/α,β-unsaturated/α-hetero) is 1. The number of hydrogen-bond donors (Lipinski definition) is 0. The zero-order chi connectivity index (χ0) is 16.1. The molecule has 1 saturated carbocycles. The van der Waals surface area contributed by atoms with E-state index in [9.17, 15) is 4.79 Å². The zero-order valence-electron chi connectivity index (χ0n) is 15.2. The molecule has 0 unspecified atom stereocenters. The summed E-state index contributed by atoms with van der Waals surface area (Å²) in [6.45, 7) is 11.5. The number of hydrogen-bond acceptors (Lipinski definition) is 2. The van der Waals surface area contributed by atoms with Crippen molar-refractivity contribution in [1.82, 2.24) is 0 Å². The fraction of sp³-hybridized carbons (Fsp3) is 0.950.